The van der Waals surface area contributed by atoms with E-state index in [4.69, 9.17) is 9.15 Å². The fourth-order valence-electron chi connectivity index (χ4n) is 5.10. The maximum atomic E-state index is 13.5. The molecule has 1 spiro atoms. The van der Waals surface area contributed by atoms with E-state index in [0.717, 1.165) is 23.9 Å². The van der Waals surface area contributed by atoms with Gasteiger partial charge in [-0.2, -0.15) is 4.98 Å². The van der Waals surface area contributed by atoms with Crippen molar-refractivity contribution in [1.82, 2.24) is 9.88 Å². The molecule has 0 aliphatic carbocycles. The van der Waals surface area contributed by atoms with E-state index in [2.05, 4.69) is 22.0 Å². The zero-order valence-corrected chi connectivity index (χ0v) is 16.2. The largest absolute Gasteiger partial charge is 0.423 e. The van der Waals surface area contributed by atoms with Crippen molar-refractivity contribution >= 4 is 23.0 Å². The fourth-order valence-corrected chi connectivity index (χ4v) is 5.10. The number of amides is 1. The Bertz CT molecular complexity index is 1020. The minimum Gasteiger partial charge on any atom is -0.423 e. The summed E-state index contributed by atoms with van der Waals surface area (Å²) in [5.74, 6) is 0.158. The molecule has 6 rings (SSSR count). The molecule has 0 radical (unpaired) electrons. The highest BCUT2D eigenvalue weighted by Gasteiger charge is 2.58. The average molecular weight is 389 g/mol. The number of carbonyl (C=O) groups excluding carboxylic acids is 1. The van der Waals surface area contributed by atoms with Crippen molar-refractivity contribution < 1.29 is 13.9 Å². The standard InChI is InChI=1S/C23H23N3O3/c27-21-23(29-20-11-10-18(26(20)21)16-6-2-1-3-7-16)12-14-25(15-13-23)22-24-17-8-4-5-9-19(17)28-22/h1-9,18,20H,10-15H2/t18-,20+/m0/s1. The molecule has 0 N–H and O–H groups in total. The van der Waals surface area contributed by atoms with Crippen LogP contribution in [0.4, 0.5) is 6.01 Å². The summed E-state index contributed by atoms with van der Waals surface area (Å²) in [6.45, 7) is 1.41. The Hall–Kier alpha value is -2.86. The summed E-state index contributed by atoms with van der Waals surface area (Å²) in [5, 5.41) is 0. The second kappa shape index (κ2) is 6.32. The highest BCUT2D eigenvalue weighted by Crippen LogP contribution is 2.47. The Morgan fingerprint density at radius 2 is 1.72 bits per heavy atom. The van der Waals surface area contributed by atoms with Crippen LogP contribution in [0, 0.1) is 0 Å². The third-order valence-corrected chi connectivity index (χ3v) is 6.63. The molecule has 0 saturated carbocycles. The van der Waals surface area contributed by atoms with Crippen LogP contribution in [-0.2, 0) is 9.53 Å². The van der Waals surface area contributed by atoms with Gasteiger partial charge in [0.05, 0.1) is 6.04 Å². The van der Waals surface area contributed by atoms with E-state index in [0.29, 0.717) is 31.9 Å². The molecule has 2 aromatic carbocycles. The lowest BCUT2D eigenvalue weighted by Crippen LogP contribution is -2.50. The van der Waals surface area contributed by atoms with Crippen LogP contribution in [0.5, 0.6) is 0 Å². The molecule has 6 nitrogen and oxygen atoms in total. The highest BCUT2D eigenvalue weighted by atomic mass is 16.6. The summed E-state index contributed by atoms with van der Waals surface area (Å²) in [7, 11) is 0. The zero-order valence-electron chi connectivity index (χ0n) is 16.2. The van der Waals surface area contributed by atoms with E-state index < -0.39 is 5.60 Å². The van der Waals surface area contributed by atoms with E-state index in [9.17, 15) is 4.79 Å². The number of carbonyl (C=O) groups is 1. The van der Waals surface area contributed by atoms with Crippen molar-refractivity contribution in [3.8, 4) is 0 Å². The molecule has 0 bridgehead atoms. The summed E-state index contributed by atoms with van der Waals surface area (Å²) in [6.07, 6.45) is 3.11. The van der Waals surface area contributed by atoms with Gasteiger partial charge in [0, 0.05) is 25.9 Å². The second-order valence-electron chi connectivity index (χ2n) is 8.23. The highest BCUT2D eigenvalue weighted by molar-refractivity contribution is 5.88. The van der Waals surface area contributed by atoms with E-state index in [1.807, 2.05) is 47.4 Å². The summed E-state index contributed by atoms with van der Waals surface area (Å²) < 4.78 is 12.3. The van der Waals surface area contributed by atoms with Gasteiger partial charge in [0.2, 0.25) is 0 Å². The third kappa shape index (κ3) is 2.59. The Morgan fingerprint density at radius 1 is 0.966 bits per heavy atom. The van der Waals surface area contributed by atoms with Gasteiger partial charge in [-0.1, -0.05) is 42.5 Å². The predicted molar refractivity (Wildman–Crippen MR) is 108 cm³/mol. The zero-order chi connectivity index (χ0) is 19.4. The van der Waals surface area contributed by atoms with Crippen LogP contribution in [0.15, 0.2) is 59.0 Å². The predicted octanol–water partition coefficient (Wildman–Crippen LogP) is 3.89. The SMILES string of the molecule is O=C1N2[C@@H](CC[C@H]2c2ccccc2)OC12CCN(c1nc3ccccc3o1)CC2. The van der Waals surface area contributed by atoms with Crippen LogP contribution in [0.25, 0.3) is 11.1 Å². The first-order chi connectivity index (χ1) is 14.2. The van der Waals surface area contributed by atoms with E-state index in [-0.39, 0.29) is 18.2 Å². The number of ether oxygens (including phenoxy) is 1. The molecule has 1 amide bonds. The molecule has 4 heterocycles. The number of hydrogen-bond acceptors (Lipinski definition) is 5. The van der Waals surface area contributed by atoms with E-state index in [1.54, 1.807) is 0 Å². The minimum atomic E-state index is -0.694. The third-order valence-electron chi connectivity index (χ3n) is 6.63. The monoisotopic (exact) mass is 389 g/mol. The fraction of sp³-hybridized carbons (Fsp3) is 0.391. The van der Waals surface area contributed by atoms with Gasteiger partial charge in [0.25, 0.3) is 11.9 Å². The van der Waals surface area contributed by atoms with Crippen molar-refractivity contribution in [1.29, 1.82) is 0 Å². The van der Waals surface area contributed by atoms with Gasteiger partial charge >= 0.3 is 0 Å². The molecular formula is C23H23N3O3. The number of rotatable bonds is 2. The molecule has 3 aliphatic rings. The quantitative estimate of drug-likeness (QED) is 0.666. The number of aromatic nitrogens is 1. The number of benzene rings is 2. The average Bonchev–Trinajstić information content (AvgIpc) is 3.44. The number of fused-ring (bicyclic) bond motifs is 2. The van der Waals surface area contributed by atoms with Crippen molar-refractivity contribution in [2.75, 3.05) is 18.0 Å². The number of hydrogen-bond donors (Lipinski definition) is 0. The lowest BCUT2D eigenvalue weighted by molar-refractivity contribution is -0.140. The molecule has 2 atom stereocenters. The molecule has 0 unspecified atom stereocenters. The topological polar surface area (TPSA) is 58.8 Å². The van der Waals surface area contributed by atoms with Gasteiger partial charge < -0.3 is 19.0 Å². The first kappa shape index (κ1) is 17.0. The number of oxazole rings is 1. The van der Waals surface area contributed by atoms with Crippen molar-refractivity contribution in [2.45, 2.75) is 43.6 Å². The van der Waals surface area contributed by atoms with Gasteiger partial charge in [-0.25, -0.2) is 0 Å². The summed E-state index contributed by atoms with van der Waals surface area (Å²) >= 11 is 0. The van der Waals surface area contributed by atoms with E-state index in [1.165, 1.54) is 5.56 Å². The normalized spacial score (nSPS) is 25.9. The molecule has 3 aromatic rings. The van der Waals surface area contributed by atoms with Crippen molar-refractivity contribution in [2.24, 2.45) is 0 Å². The molecule has 1 aromatic heterocycles. The Morgan fingerprint density at radius 3 is 2.52 bits per heavy atom. The van der Waals surface area contributed by atoms with Gasteiger partial charge in [-0.3, -0.25) is 4.79 Å². The smallest absolute Gasteiger partial charge is 0.298 e. The van der Waals surface area contributed by atoms with Gasteiger partial charge in [0.15, 0.2) is 11.2 Å². The molecule has 148 valence electrons. The molecule has 3 fully saturated rings. The maximum absolute atomic E-state index is 13.5. The van der Waals surface area contributed by atoms with Crippen LogP contribution >= 0.6 is 0 Å². The van der Waals surface area contributed by atoms with Crippen LogP contribution in [0.2, 0.25) is 0 Å². The van der Waals surface area contributed by atoms with Crippen LogP contribution in [0.3, 0.4) is 0 Å². The van der Waals surface area contributed by atoms with Gasteiger partial charge in [-0.15, -0.1) is 0 Å². The second-order valence-corrected chi connectivity index (χ2v) is 8.23. The summed E-state index contributed by atoms with van der Waals surface area (Å²) in [5.41, 5.74) is 2.17. The first-order valence-corrected chi connectivity index (χ1v) is 10.4. The molecular weight excluding hydrogens is 366 g/mol. The molecule has 3 aliphatic heterocycles. The number of para-hydroxylation sites is 2. The Labute approximate surface area is 169 Å². The Balaban J connectivity index is 1.21. The summed E-state index contributed by atoms with van der Waals surface area (Å²) in [6, 6.07) is 18.9. The maximum Gasteiger partial charge on any atom is 0.298 e. The van der Waals surface area contributed by atoms with Crippen molar-refractivity contribution in [3.63, 3.8) is 0 Å². The lowest BCUT2D eigenvalue weighted by atomic mass is 9.89. The van der Waals surface area contributed by atoms with Gasteiger partial charge in [0.1, 0.15) is 11.7 Å². The van der Waals surface area contributed by atoms with Crippen LogP contribution in [-0.4, -0.2) is 40.7 Å². The van der Waals surface area contributed by atoms with Crippen molar-refractivity contribution in [3.05, 3.63) is 60.2 Å². The van der Waals surface area contributed by atoms with E-state index >= 15 is 0 Å². The summed E-state index contributed by atoms with van der Waals surface area (Å²) in [4.78, 5) is 22.2. The van der Waals surface area contributed by atoms with Gasteiger partial charge in [-0.05, 0) is 30.5 Å². The van der Waals surface area contributed by atoms with Crippen LogP contribution < -0.4 is 4.90 Å². The minimum absolute atomic E-state index is 0.0939. The van der Waals surface area contributed by atoms with Crippen LogP contribution in [0.1, 0.15) is 37.3 Å². The lowest BCUT2D eigenvalue weighted by Gasteiger charge is -2.36. The number of nitrogens with zero attached hydrogens (tertiary/aromatic N) is 3. The number of piperidine rings is 1. The molecule has 6 heteroatoms. The molecule has 29 heavy (non-hydrogen) atoms. The molecule has 3 saturated heterocycles. The Kier molecular flexibility index (Phi) is 3.71. The number of anilines is 1. The first-order valence-electron chi connectivity index (χ1n) is 10.4.